The van der Waals surface area contributed by atoms with E-state index in [1.54, 1.807) is 12.1 Å². The first-order valence-corrected chi connectivity index (χ1v) is 7.53. The zero-order valence-electron chi connectivity index (χ0n) is 13.1. The first-order valence-electron chi connectivity index (χ1n) is 7.15. The van der Waals surface area contributed by atoms with Gasteiger partial charge in [-0.15, -0.1) is 0 Å². The molecule has 0 saturated heterocycles. The molecule has 0 spiro atoms. The van der Waals surface area contributed by atoms with E-state index in [0.29, 0.717) is 22.1 Å². The van der Waals surface area contributed by atoms with Crippen molar-refractivity contribution >= 4 is 29.6 Å². The number of fused-ring (bicyclic) bond motifs is 1. The smallest absolute Gasteiger partial charge is 0.331 e. The van der Waals surface area contributed by atoms with Crippen molar-refractivity contribution in [1.82, 2.24) is 5.32 Å². The molecular formula is C16H18ClNO5. The fourth-order valence-electron chi connectivity index (χ4n) is 1.92. The van der Waals surface area contributed by atoms with Crippen LogP contribution in [-0.4, -0.2) is 30.8 Å². The van der Waals surface area contributed by atoms with Crippen molar-refractivity contribution in [2.75, 3.05) is 6.79 Å². The quantitative estimate of drug-likeness (QED) is 0.659. The number of hydrogen-bond donors (Lipinski definition) is 1. The van der Waals surface area contributed by atoms with E-state index >= 15 is 0 Å². The molecule has 1 atom stereocenters. The van der Waals surface area contributed by atoms with Crippen molar-refractivity contribution in [2.45, 2.75) is 32.9 Å². The average Bonchev–Trinajstić information content (AvgIpc) is 2.93. The molecule has 1 amide bonds. The van der Waals surface area contributed by atoms with Crippen LogP contribution in [-0.2, 0) is 14.3 Å². The average molecular weight is 340 g/mol. The second kappa shape index (κ2) is 7.37. The van der Waals surface area contributed by atoms with Gasteiger partial charge in [-0.25, -0.2) is 4.79 Å². The van der Waals surface area contributed by atoms with Crippen molar-refractivity contribution in [2.24, 2.45) is 0 Å². The van der Waals surface area contributed by atoms with Crippen LogP contribution >= 0.6 is 11.6 Å². The van der Waals surface area contributed by atoms with Crippen LogP contribution in [0.5, 0.6) is 11.5 Å². The highest BCUT2D eigenvalue weighted by atomic mass is 35.5. The number of amides is 1. The van der Waals surface area contributed by atoms with Gasteiger partial charge in [0.25, 0.3) is 5.91 Å². The third-order valence-corrected chi connectivity index (χ3v) is 3.24. The molecule has 1 heterocycles. The molecule has 23 heavy (non-hydrogen) atoms. The van der Waals surface area contributed by atoms with Gasteiger partial charge >= 0.3 is 5.97 Å². The van der Waals surface area contributed by atoms with Crippen LogP contribution in [0.3, 0.4) is 0 Å². The van der Waals surface area contributed by atoms with Gasteiger partial charge in [0.1, 0.15) is 0 Å². The number of carbonyl (C=O) groups is 2. The highest BCUT2D eigenvalue weighted by Crippen LogP contribution is 2.40. The SMILES string of the molecule is CC(C)NC(=O)[C@H](C)OC(=O)/C=C/c1cc(Cl)c2c(c1)OCO2. The fourth-order valence-corrected chi connectivity index (χ4v) is 2.19. The fraction of sp³-hybridized carbons (Fsp3) is 0.375. The third-order valence-electron chi connectivity index (χ3n) is 2.95. The molecule has 1 aromatic carbocycles. The topological polar surface area (TPSA) is 73.9 Å². The summed E-state index contributed by atoms with van der Waals surface area (Å²) in [6.45, 7) is 5.29. The minimum atomic E-state index is -0.866. The molecule has 0 radical (unpaired) electrons. The maximum Gasteiger partial charge on any atom is 0.331 e. The first kappa shape index (κ1) is 17.1. The minimum Gasteiger partial charge on any atom is -0.454 e. The summed E-state index contributed by atoms with van der Waals surface area (Å²) in [5.41, 5.74) is 0.662. The van der Waals surface area contributed by atoms with Gasteiger partial charge in [0.15, 0.2) is 17.6 Å². The van der Waals surface area contributed by atoms with Gasteiger partial charge in [-0.3, -0.25) is 4.79 Å². The summed E-state index contributed by atoms with van der Waals surface area (Å²) in [6, 6.07) is 3.33. The van der Waals surface area contributed by atoms with Crippen molar-refractivity contribution in [3.05, 3.63) is 28.8 Å². The number of rotatable bonds is 5. The summed E-state index contributed by atoms with van der Waals surface area (Å²) < 4.78 is 15.5. The third kappa shape index (κ3) is 4.63. The van der Waals surface area contributed by atoms with Gasteiger partial charge in [0.2, 0.25) is 6.79 Å². The summed E-state index contributed by atoms with van der Waals surface area (Å²) in [6.07, 6.45) is 1.89. The van der Waals surface area contributed by atoms with E-state index in [-0.39, 0.29) is 18.7 Å². The Labute approximate surface area is 139 Å². The highest BCUT2D eigenvalue weighted by molar-refractivity contribution is 6.32. The normalized spacial score (nSPS) is 14.1. The Bertz CT molecular complexity index is 642. The Morgan fingerprint density at radius 1 is 1.30 bits per heavy atom. The molecule has 0 fully saturated rings. The van der Waals surface area contributed by atoms with Crippen LogP contribution in [0.25, 0.3) is 6.08 Å². The van der Waals surface area contributed by atoms with E-state index in [1.807, 2.05) is 13.8 Å². The maximum atomic E-state index is 11.8. The zero-order chi connectivity index (χ0) is 17.0. The minimum absolute atomic E-state index is 0.0185. The second-order valence-corrected chi connectivity index (χ2v) is 5.72. The number of esters is 1. The standard InChI is InChI=1S/C16H18ClNO5/c1-9(2)18-16(20)10(3)23-14(19)5-4-11-6-12(17)15-13(7-11)21-8-22-15/h4-7,9-10H,8H2,1-3H3,(H,18,20)/b5-4+/t10-/m0/s1. The molecule has 124 valence electrons. The van der Waals surface area contributed by atoms with Gasteiger partial charge in [0, 0.05) is 12.1 Å². The van der Waals surface area contributed by atoms with Gasteiger partial charge < -0.3 is 19.5 Å². The Balaban J connectivity index is 1.96. The number of ether oxygens (including phenoxy) is 3. The molecule has 6 nitrogen and oxygen atoms in total. The molecule has 1 N–H and O–H groups in total. The summed E-state index contributed by atoms with van der Waals surface area (Å²) >= 11 is 6.06. The predicted octanol–water partition coefficient (Wildman–Crippen LogP) is 2.54. The lowest BCUT2D eigenvalue weighted by Crippen LogP contribution is -2.39. The van der Waals surface area contributed by atoms with Gasteiger partial charge in [-0.1, -0.05) is 11.6 Å². The number of benzene rings is 1. The van der Waals surface area contributed by atoms with Gasteiger partial charge in [-0.2, -0.15) is 0 Å². The number of nitrogens with one attached hydrogen (secondary N) is 1. The molecule has 1 aliphatic heterocycles. The molecule has 0 aromatic heterocycles. The van der Waals surface area contributed by atoms with Crippen LogP contribution in [0.4, 0.5) is 0 Å². The molecule has 0 aliphatic carbocycles. The van der Waals surface area contributed by atoms with E-state index in [9.17, 15) is 9.59 Å². The summed E-state index contributed by atoms with van der Waals surface area (Å²) in [5, 5.41) is 3.07. The van der Waals surface area contributed by atoms with Crippen LogP contribution < -0.4 is 14.8 Å². The monoisotopic (exact) mass is 339 g/mol. The predicted molar refractivity (Wildman–Crippen MR) is 85.4 cm³/mol. The molecule has 7 heteroatoms. The Kier molecular flexibility index (Phi) is 5.50. The summed E-state index contributed by atoms with van der Waals surface area (Å²) in [4.78, 5) is 23.4. The Hall–Kier alpha value is -2.21. The molecular weight excluding hydrogens is 322 g/mol. The van der Waals surface area contributed by atoms with E-state index in [4.69, 9.17) is 25.8 Å². The number of halogens is 1. The van der Waals surface area contributed by atoms with Gasteiger partial charge in [0.05, 0.1) is 5.02 Å². The van der Waals surface area contributed by atoms with E-state index in [1.165, 1.54) is 19.1 Å². The lowest BCUT2D eigenvalue weighted by molar-refractivity contribution is -0.150. The molecule has 2 rings (SSSR count). The molecule has 0 unspecified atom stereocenters. The second-order valence-electron chi connectivity index (χ2n) is 5.31. The number of hydrogen-bond acceptors (Lipinski definition) is 5. The van der Waals surface area contributed by atoms with Crippen molar-refractivity contribution in [1.29, 1.82) is 0 Å². The van der Waals surface area contributed by atoms with Crippen LogP contribution in [0.1, 0.15) is 26.3 Å². The van der Waals surface area contributed by atoms with Crippen LogP contribution in [0, 0.1) is 0 Å². The van der Waals surface area contributed by atoms with E-state index < -0.39 is 12.1 Å². The Morgan fingerprint density at radius 3 is 2.74 bits per heavy atom. The van der Waals surface area contributed by atoms with Crippen molar-refractivity contribution < 1.29 is 23.8 Å². The summed E-state index contributed by atoms with van der Waals surface area (Å²) in [7, 11) is 0. The van der Waals surface area contributed by atoms with E-state index in [0.717, 1.165) is 0 Å². The first-order chi connectivity index (χ1) is 10.9. The van der Waals surface area contributed by atoms with Crippen LogP contribution in [0.2, 0.25) is 5.02 Å². The maximum absolute atomic E-state index is 11.8. The van der Waals surface area contributed by atoms with E-state index in [2.05, 4.69) is 5.32 Å². The highest BCUT2D eigenvalue weighted by Gasteiger charge is 2.19. The largest absolute Gasteiger partial charge is 0.454 e. The molecule has 0 saturated carbocycles. The van der Waals surface area contributed by atoms with Crippen molar-refractivity contribution in [3.8, 4) is 11.5 Å². The lowest BCUT2D eigenvalue weighted by Gasteiger charge is -2.14. The molecule has 1 aliphatic rings. The molecule has 0 bridgehead atoms. The Morgan fingerprint density at radius 2 is 2.04 bits per heavy atom. The van der Waals surface area contributed by atoms with Gasteiger partial charge in [-0.05, 0) is 44.5 Å². The molecule has 1 aromatic rings. The number of carbonyl (C=O) groups excluding carboxylic acids is 2. The van der Waals surface area contributed by atoms with Crippen LogP contribution in [0.15, 0.2) is 18.2 Å². The van der Waals surface area contributed by atoms with Crippen molar-refractivity contribution in [3.63, 3.8) is 0 Å². The lowest BCUT2D eigenvalue weighted by atomic mass is 10.2. The summed E-state index contributed by atoms with van der Waals surface area (Å²) in [5.74, 6) is 0.0543. The zero-order valence-corrected chi connectivity index (χ0v) is 13.8.